The van der Waals surface area contributed by atoms with Gasteiger partial charge in [0.25, 0.3) is 0 Å². The van der Waals surface area contributed by atoms with Crippen molar-refractivity contribution < 1.29 is 14.3 Å². The maximum atomic E-state index is 11.5. The first kappa shape index (κ1) is 13.5. The van der Waals surface area contributed by atoms with Gasteiger partial charge in [0.05, 0.1) is 6.61 Å². The van der Waals surface area contributed by atoms with E-state index in [4.69, 9.17) is 9.47 Å². The average Bonchev–Trinajstić information content (AvgIpc) is 2.59. The van der Waals surface area contributed by atoms with Crippen molar-refractivity contribution in [2.45, 2.75) is 6.92 Å². The van der Waals surface area contributed by atoms with Crippen molar-refractivity contribution in [2.75, 3.05) is 33.9 Å². The summed E-state index contributed by atoms with van der Waals surface area (Å²) in [6.45, 7) is 3.45. The lowest BCUT2D eigenvalue weighted by molar-refractivity contribution is 0.0513. The number of likely N-dealkylation sites (N-methyl/N-ethyl adjacent to an activating group) is 1. The maximum absolute atomic E-state index is 11.5. The van der Waals surface area contributed by atoms with Gasteiger partial charge in [-0.1, -0.05) is 0 Å². The smallest absolute Gasteiger partial charge is 0.356 e. The Morgan fingerprint density at radius 1 is 1.53 bits per heavy atom. The summed E-state index contributed by atoms with van der Waals surface area (Å²) in [7, 11) is 5.61. The number of aromatic nitrogens is 2. The molecule has 0 saturated heterocycles. The number of esters is 1. The molecule has 17 heavy (non-hydrogen) atoms. The van der Waals surface area contributed by atoms with E-state index in [9.17, 15) is 4.79 Å². The highest BCUT2D eigenvalue weighted by Gasteiger charge is 2.14. The van der Waals surface area contributed by atoms with E-state index < -0.39 is 0 Å². The second-order valence-electron chi connectivity index (χ2n) is 3.86. The summed E-state index contributed by atoms with van der Waals surface area (Å²) in [6, 6.07) is 1.59. The van der Waals surface area contributed by atoms with Gasteiger partial charge in [-0.3, -0.25) is 4.68 Å². The fraction of sp³-hybridized carbons (Fsp3) is 0.636. The fourth-order valence-electron chi connectivity index (χ4n) is 1.24. The Hall–Kier alpha value is -1.56. The molecule has 0 spiro atoms. The number of carbonyl (C=O) groups is 1. The molecule has 0 bridgehead atoms. The third kappa shape index (κ3) is 4.07. The summed E-state index contributed by atoms with van der Waals surface area (Å²) >= 11 is 0. The van der Waals surface area contributed by atoms with Gasteiger partial charge in [-0.15, -0.1) is 5.10 Å². The summed E-state index contributed by atoms with van der Waals surface area (Å²) in [6.07, 6.45) is 0. The van der Waals surface area contributed by atoms with Gasteiger partial charge in [0.1, 0.15) is 12.3 Å². The Labute approximate surface area is 101 Å². The molecule has 0 aromatic carbocycles. The van der Waals surface area contributed by atoms with Gasteiger partial charge in [0, 0.05) is 19.7 Å². The van der Waals surface area contributed by atoms with E-state index in [1.807, 2.05) is 19.0 Å². The summed E-state index contributed by atoms with van der Waals surface area (Å²) in [5, 5.41) is 4.09. The second-order valence-corrected chi connectivity index (χ2v) is 3.86. The third-order valence-electron chi connectivity index (χ3n) is 2.13. The van der Waals surface area contributed by atoms with Crippen molar-refractivity contribution in [2.24, 2.45) is 7.05 Å². The lowest BCUT2D eigenvalue weighted by Crippen LogP contribution is -2.19. The highest BCUT2D eigenvalue weighted by molar-refractivity contribution is 5.87. The van der Waals surface area contributed by atoms with Crippen molar-refractivity contribution >= 4 is 5.97 Å². The van der Waals surface area contributed by atoms with Crippen LogP contribution < -0.4 is 4.74 Å². The standard InChI is InChI=1S/C11H19N3O3/c1-5-16-11(15)9-8-10(12-14(9)4)17-7-6-13(2)3/h8H,5-7H2,1-4H3. The summed E-state index contributed by atoms with van der Waals surface area (Å²) in [4.78, 5) is 13.5. The molecule has 0 N–H and O–H groups in total. The van der Waals surface area contributed by atoms with Crippen LogP contribution in [-0.2, 0) is 11.8 Å². The predicted molar refractivity (Wildman–Crippen MR) is 63.2 cm³/mol. The Kier molecular flexibility index (Phi) is 4.96. The molecule has 0 aliphatic heterocycles. The third-order valence-corrected chi connectivity index (χ3v) is 2.13. The lowest BCUT2D eigenvalue weighted by atomic mass is 10.4. The molecule has 0 fully saturated rings. The van der Waals surface area contributed by atoms with Crippen LogP contribution in [0.4, 0.5) is 0 Å². The molecule has 0 amide bonds. The molecule has 1 heterocycles. The molecular formula is C11H19N3O3. The summed E-state index contributed by atoms with van der Waals surface area (Å²) in [5.41, 5.74) is 0.395. The lowest BCUT2D eigenvalue weighted by Gasteiger charge is -2.08. The minimum Gasteiger partial charge on any atom is -0.475 e. The van der Waals surface area contributed by atoms with Gasteiger partial charge in [-0.05, 0) is 21.0 Å². The molecule has 96 valence electrons. The van der Waals surface area contributed by atoms with Crippen molar-refractivity contribution in [3.8, 4) is 5.88 Å². The van der Waals surface area contributed by atoms with Crippen LogP contribution in [-0.4, -0.2) is 54.5 Å². The number of ether oxygens (including phenoxy) is 2. The van der Waals surface area contributed by atoms with Crippen molar-refractivity contribution in [1.29, 1.82) is 0 Å². The van der Waals surface area contributed by atoms with E-state index in [-0.39, 0.29) is 5.97 Å². The Bertz CT molecular complexity index is 374. The molecule has 1 rings (SSSR count). The first-order valence-electron chi connectivity index (χ1n) is 5.53. The first-order valence-corrected chi connectivity index (χ1v) is 5.53. The number of nitrogens with zero attached hydrogens (tertiary/aromatic N) is 3. The zero-order valence-corrected chi connectivity index (χ0v) is 10.8. The quantitative estimate of drug-likeness (QED) is 0.680. The molecule has 0 aliphatic carbocycles. The second kappa shape index (κ2) is 6.24. The van der Waals surface area contributed by atoms with E-state index >= 15 is 0 Å². The number of hydrogen-bond acceptors (Lipinski definition) is 5. The van der Waals surface area contributed by atoms with Gasteiger partial charge in [0.2, 0.25) is 5.88 Å². The van der Waals surface area contributed by atoms with E-state index in [2.05, 4.69) is 5.10 Å². The minimum atomic E-state index is -0.384. The van der Waals surface area contributed by atoms with E-state index in [1.165, 1.54) is 4.68 Å². The van der Waals surface area contributed by atoms with Gasteiger partial charge in [-0.25, -0.2) is 4.79 Å². The Balaban J connectivity index is 2.58. The highest BCUT2D eigenvalue weighted by Crippen LogP contribution is 2.11. The molecule has 0 saturated carbocycles. The molecule has 0 radical (unpaired) electrons. The van der Waals surface area contributed by atoms with Crippen molar-refractivity contribution in [1.82, 2.24) is 14.7 Å². The molecule has 0 unspecified atom stereocenters. The largest absolute Gasteiger partial charge is 0.475 e. The van der Waals surface area contributed by atoms with Crippen molar-refractivity contribution in [3.05, 3.63) is 11.8 Å². The normalized spacial score (nSPS) is 10.6. The molecule has 1 aromatic heterocycles. The van der Waals surface area contributed by atoms with Gasteiger partial charge in [0.15, 0.2) is 0 Å². The topological polar surface area (TPSA) is 56.6 Å². The van der Waals surface area contributed by atoms with Crippen LogP contribution >= 0.6 is 0 Å². The van der Waals surface area contributed by atoms with Crippen LogP contribution in [0.5, 0.6) is 5.88 Å². The monoisotopic (exact) mass is 241 g/mol. The minimum absolute atomic E-state index is 0.348. The SMILES string of the molecule is CCOC(=O)c1cc(OCCN(C)C)nn1C. The van der Waals surface area contributed by atoms with Gasteiger partial charge >= 0.3 is 5.97 Å². The van der Waals surface area contributed by atoms with Crippen LogP contribution in [0.25, 0.3) is 0 Å². The van der Waals surface area contributed by atoms with E-state index in [0.29, 0.717) is 24.8 Å². The van der Waals surface area contributed by atoms with Crippen molar-refractivity contribution in [3.63, 3.8) is 0 Å². The maximum Gasteiger partial charge on any atom is 0.356 e. The number of aryl methyl sites for hydroxylation is 1. The Morgan fingerprint density at radius 2 is 2.24 bits per heavy atom. The van der Waals surface area contributed by atoms with E-state index in [1.54, 1.807) is 20.0 Å². The molecule has 6 heteroatoms. The first-order chi connectivity index (χ1) is 8.04. The molecule has 0 aliphatic rings. The number of hydrogen-bond donors (Lipinski definition) is 0. The predicted octanol–water partition coefficient (Wildman–Crippen LogP) is 0.537. The number of rotatable bonds is 6. The molecular weight excluding hydrogens is 222 g/mol. The zero-order valence-electron chi connectivity index (χ0n) is 10.8. The summed E-state index contributed by atoms with van der Waals surface area (Å²) in [5.74, 6) is 0.0577. The van der Waals surface area contributed by atoms with Crippen LogP contribution in [0, 0.1) is 0 Å². The van der Waals surface area contributed by atoms with Crippen LogP contribution in [0.1, 0.15) is 17.4 Å². The molecule has 0 atom stereocenters. The highest BCUT2D eigenvalue weighted by atomic mass is 16.5. The molecule has 1 aromatic rings. The van der Waals surface area contributed by atoms with Crippen LogP contribution in [0.3, 0.4) is 0 Å². The fourth-order valence-corrected chi connectivity index (χ4v) is 1.24. The average molecular weight is 241 g/mol. The van der Waals surface area contributed by atoms with E-state index in [0.717, 1.165) is 6.54 Å². The number of carbonyl (C=O) groups excluding carboxylic acids is 1. The molecule has 6 nitrogen and oxygen atoms in total. The zero-order chi connectivity index (χ0) is 12.8. The van der Waals surface area contributed by atoms with Crippen LogP contribution in [0.15, 0.2) is 6.07 Å². The van der Waals surface area contributed by atoms with Crippen LogP contribution in [0.2, 0.25) is 0 Å². The van der Waals surface area contributed by atoms with Gasteiger partial charge in [-0.2, -0.15) is 0 Å². The summed E-state index contributed by atoms with van der Waals surface area (Å²) < 4.78 is 11.8. The Morgan fingerprint density at radius 3 is 2.82 bits per heavy atom. The van der Waals surface area contributed by atoms with Gasteiger partial charge < -0.3 is 14.4 Å².